The highest BCUT2D eigenvalue weighted by Crippen LogP contribution is 2.22. The van der Waals surface area contributed by atoms with Crippen molar-refractivity contribution in [1.29, 1.82) is 0 Å². The van der Waals surface area contributed by atoms with Crippen LogP contribution in [0, 0.1) is 0 Å². The van der Waals surface area contributed by atoms with E-state index in [1.165, 1.54) is 12.1 Å². The van der Waals surface area contributed by atoms with Gasteiger partial charge in [0.25, 0.3) is 5.91 Å². The molecule has 0 bridgehead atoms. The summed E-state index contributed by atoms with van der Waals surface area (Å²) in [6.07, 6.45) is 1.11. The summed E-state index contributed by atoms with van der Waals surface area (Å²) in [4.78, 5) is 12.0. The minimum Gasteiger partial charge on any atom is -0.484 e. The molecule has 0 aliphatic carbocycles. The maximum atomic E-state index is 11.9. The first-order valence-electron chi connectivity index (χ1n) is 7.53. The molecule has 3 aromatic rings. The smallest absolute Gasteiger partial charge is 0.322 e. The van der Waals surface area contributed by atoms with Crippen molar-refractivity contribution < 1.29 is 22.4 Å². The van der Waals surface area contributed by atoms with E-state index in [2.05, 4.69) is 15.5 Å². The third-order valence-electron chi connectivity index (χ3n) is 3.29. The number of anilines is 1. The summed E-state index contributed by atoms with van der Waals surface area (Å²) in [5, 5.41) is 9.96. The van der Waals surface area contributed by atoms with Gasteiger partial charge in [-0.05, 0) is 30.3 Å². The van der Waals surface area contributed by atoms with Crippen LogP contribution >= 0.6 is 0 Å². The van der Waals surface area contributed by atoms with E-state index in [1.54, 1.807) is 36.4 Å². The van der Waals surface area contributed by atoms with E-state index < -0.39 is 15.7 Å². The van der Waals surface area contributed by atoms with Gasteiger partial charge in [-0.2, -0.15) is 0 Å². The molecular formula is C17H15N3O5S. The second kappa shape index (κ2) is 7.36. The number of benzene rings is 2. The Morgan fingerprint density at radius 2 is 1.88 bits per heavy atom. The summed E-state index contributed by atoms with van der Waals surface area (Å²) in [5.41, 5.74) is 0.432. The lowest BCUT2D eigenvalue weighted by Gasteiger charge is -2.04. The summed E-state index contributed by atoms with van der Waals surface area (Å²) in [6.45, 7) is -0.217. The average Bonchev–Trinajstić information content (AvgIpc) is 3.09. The number of hydrogen-bond donors (Lipinski definition) is 1. The molecular weight excluding hydrogens is 358 g/mol. The van der Waals surface area contributed by atoms with Gasteiger partial charge in [0.2, 0.25) is 5.89 Å². The average molecular weight is 373 g/mol. The first-order valence-corrected chi connectivity index (χ1v) is 9.43. The van der Waals surface area contributed by atoms with Crippen molar-refractivity contribution in [3.63, 3.8) is 0 Å². The number of para-hydroxylation sites is 1. The molecule has 26 heavy (non-hydrogen) atoms. The van der Waals surface area contributed by atoms with Crippen LogP contribution in [-0.2, 0) is 14.6 Å². The van der Waals surface area contributed by atoms with E-state index in [4.69, 9.17) is 9.15 Å². The SMILES string of the molecule is CS(=O)(=O)c1cccc(-c2nnc(NC(=O)COc3ccccc3)o2)c1. The Bertz CT molecular complexity index is 1020. The van der Waals surface area contributed by atoms with Crippen molar-refractivity contribution in [3.8, 4) is 17.2 Å². The molecule has 0 saturated heterocycles. The third kappa shape index (κ3) is 4.45. The van der Waals surface area contributed by atoms with Gasteiger partial charge in [-0.15, -0.1) is 5.10 Å². The number of hydrogen-bond acceptors (Lipinski definition) is 7. The highest BCUT2D eigenvalue weighted by atomic mass is 32.2. The van der Waals surface area contributed by atoms with Crippen LogP contribution in [0.3, 0.4) is 0 Å². The van der Waals surface area contributed by atoms with Gasteiger partial charge in [0.1, 0.15) is 5.75 Å². The van der Waals surface area contributed by atoms with Gasteiger partial charge in [-0.1, -0.05) is 29.4 Å². The number of sulfone groups is 1. The minimum absolute atomic E-state index is 0.0924. The Morgan fingerprint density at radius 3 is 2.62 bits per heavy atom. The first kappa shape index (κ1) is 17.6. The topological polar surface area (TPSA) is 111 Å². The van der Waals surface area contributed by atoms with E-state index in [0.717, 1.165) is 6.26 Å². The number of nitrogens with zero attached hydrogens (tertiary/aromatic N) is 2. The van der Waals surface area contributed by atoms with E-state index in [1.807, 2.05) is 6.07 Å². The van der Waals surface area contributed by atoms with Gasteiger partial charge in [0.05, 0.1) is 4.90 Å². The molecule has 0 radical (unpaired) electrons. The molecule has 1 N–H and O–H groups in total. The van der Waals surface area contributed by atoms with E-state index in [-0.39, 0.29) is 23.4 Å². The molecule has 8 nitrogen and oxygen atoms in total. The zero-order chi connectivity index (χ0) is 18.6. The molecule has 1 heterocycles. The quantitative estimate of drug-likeness (QED) is 0.704. The van der Waals surface area contributed by atoms with Crippen molar-refractivity contribution >= 4 is 21.8 Å². The van der Waals surface area contributed by atoms with Crippen molar-refractivity contribution in [2.75, 3.05) is 18.2 Å². The van der Waals surface area contributed by atoms with Crippen LogP contribution in [-0.4, -0.2) is 37.4 Å². The second-order valence-electron chi connectivity index (χ2n) is 5.36. The van der Waals surface area contributed by atoms with E-state index >= 15 is 0 Å². The molecule has 2 aromatic carbocycles. The Labute approximate surface area is 149 Å². The van der Waals surface area contributed by atoms with Gasteiger partial charge in [-0.3, -0.25) is 10.1 Å². The lowest BCUT2D eigenvalue weighted by atomic mass is 10.2. The Hall–Kier alpha value is -3.20. The van der Waals surface area contributed by atoms with Crippen molar-refractivity contribution in [2.45, 2.75) is 4.90 Å². The minimum atomic E-state index is -3.36. The van der Waals surface area contributed by atoms with Crippen LogP contribution < -0.4 is 10.1 Å². The highest BCUT2D eigenvalue weighted by molar-refractivity contribution is 7.90. The summed E-state index contributed by atoms with van der Waals surface area (Å²) in [7, 11) is -3.36. The number of carbonyl (C=O) groups excluding carboxylic acids is 1. The zero-order valence-corrected chi connectivity index (χ0v) is 14.6. The number of ether oxygens (including phenoxy) is 1. The fourth-order valence-electron chi connectivity index (χ4n) is 2.07. The van der Waals surface area contributed by atoms with Gasteiger partial charge in [0.15, 0.2) is 16.4 Å². The fourth-order valence-corrected chi connectivity index (χ4v) is 2.74. The van der Waals surface area contributed by atoms with Gasteiger partial charge in [0, 0.05) is 11.8 Å². The second-order valence-corrected chi connectivity index (χ2v) is 7.38. The molecule has 0 aliphatic heterocycles. The van der Waals surface area contributed by atoms with E-state index in [0.29, 0.717) is 11.3 Å². The molecule has 0 unspecified atom stereocenters. The predicted octanol–water partition coefficient (Wildman–Crippen LogP) is 2.16. The molecule has 9 heteroatoms. The molecule has 1 aromatic heterocycles. The van der Waals surface area contributed by atoms with E-state index in [9.17, 15) is 13.2 Å². The van der Waals surface area contributed by atoms with Crippen LogP contribution in [0.25, 0.3) is 11.5 Å². The maximum Gasteiger partial charge on any atom is 0.322 e. The maximum absolute atomic E-state index is 11.9. The van der Waals surface area contributed by atoms with Gasteiger partial charge < -0.3 is 9.15 Å². The van der Waals surface area contributed by atoms with Crippen molar-refractivity contribution in [3.05, 3.63) is 54.6 Å². The Kier molecular flexibility index (Phi) is 4.99. The molecule has 0 atom stereocenters. The lowest BCUT2D eigenvalue weighted by molar-refractivity contribution is -0.118. The zero-order valence-electron chi connectivity index (χ0n) is 13.7. The summed E-state index contributed by atoms with van der Waals surface area (Å²) in [6, 6.07) is 14.9. The number of amides is 1. The largest absolute Gasteiger partial charge is 0.484 e. The number of carbonyl (C=O) groups is 1. The normalized spacial score (nSPS) is 11.1. The number of nitrogens with one attached hydrogen (secondary N) is 1. The van der Waals surface area contributed by atoms with Crippen LogP contribution in [0.5, 0.6) is 5.75 Å². The van der Waals surface area contributed by atoms with Crippen molar-refractivity contribution in [2.24, 2.45) is 0 Å². The number of aromatic nitrogens is 2. The van der Waals surface area contributed by atoms with Gasteiger partial charge >= 0.3 is 6.01 Å². The Morgan fingerprint density at radius 1 is 1.12 bits per heavy atom. The van der Waals surface area contributed by atoms with Gasteiger partial charge in [-0.25, -0.2) is 8.42 Å². The number of rotatable bonds is 6. The molecule has 0 saturated carbocycles. The molecule has 134 valence electrons. The fraction of sp³-hybridized carbons (Fsp3) is 0.118. The van der Waals surface area contributed by atoms with Crippen LogP contribution in [0.1, 0.15) is 0 Å². The van der Waals surface area contributed by atoms with Crippen molar-refractivity contribution in [1.82, 2.24) is 10.2 Å². The third-order valence-corrected chi connectivity index (χ3v) is 4.40. The monoisotopic (exact) mass is 373 g/mol. The molecule has 3 rings (SSSR count). The molecule has 0 aliphatic rings. The summed E-state index contributed by atoms with van der Waals surface area (Å²) < 4.78 is 33.9. The lowest BCUT2D eigenvalue weighted by Crippen LogP contribution is -2.20. The Balaban J connectivity index is 1.65. The summed E-state index contributed by atoms with van der Waals surface area (Å²) >= 11 is 0. The molecule has 0 fully saturated rings. The highest BCUT2D eigenvalue weighted by Gasteiger charge is 2.14. The summed E-state index contributed by atoms with van der Waals surface area (Å²) in [5.74, 6) is 0.190. The van der Waals surface area contributed by atoms with Crippen LogP contribution in [0.15, 0.2) is 63.9 Å². The van der Waals surface area contributed by atoms with Crippen LogP contribution in [0.2, 0.25) is 0 Å². The molecule has 0 spiro atoms. The van der Waals surface area contributed by atoms with Crippen LogP contribution in [0.4, 0.5) is 6.01 Å². The predicted molar refractivity (Wildman–Crippen MR) is 93.4 cm³/mol. The first-order chi connectivity index (χ1) is 12.4. The molecule has 1 amide bonds. The standard InChI is InChI=1S/C17H15N3O5S/c1-26(22,23)14-9-5-6-12(10-14)16-19-20-17(25-16)18-15(21)11-24-13-7-3-2-4-8-13/h2-10H,11H2,1H3,(H,18,20,21).